The van der Waals surface area contributed by atoms with E-state index in [1.54, 1.807) is 0 Å². The van der Waals surface area contributed by atoms with E-state index in [1.165, 1.54) is 13.8 Å². The third kappa shape index (κ3) is 1.76. The number of furan rings is 2. The molecule has 0 saturated heterocycles. The van der Waals surface area contributed by atoms with E-state index in [0.717, 1.165) is 60.8 Å². The molecule has 0 atom stereocenters. The van der Waals surface area contributed by atoms with Crippen LogP contribution in [-0.2, 0) is 25.7 Å². The minimum atomic E-state index is -0.0422. The maximum absolute atomic E-state index is 11.8. The van der Waals surface area contributed by atoms with Gasteiger partial charge in [-0.05, 0) is 38.5 Å². The van der Waals surface area contributed by atoms with Crippen molar-refractivity contribution in [1.82, 2.24) is 0 Å². The van der Waals surface area contributed by atoms with Crippen molar-refractivity contribution in [2.75, 3.05) is 0 Å². The van der Waals surface area contributed by atoms with Crippen molar-refractivity contribution in [1.29, 1.82) is 0 Å². The average molecular weight is 298 g/mol. The molecule has 0 bridgehead atoms. The third-order valence-electron chi connectivity index (χ3n) is 4.79. The Bertz CT molecular complexity index is 735. The van der Waals surface area contributed by atoms with E-state index in [-0.39, 0.29) is 11.6 Å². The van der Waals surface area contributed by atoms with Crippen LogP contribution in [0.3, 0.4) is 0 Å². The maximum atomic E-state index is 11.8. The van der Waals surface area contributed by atoms with Crippen molar-refractivity contribution in [3.05, 3.63) is 33.8 Å². The van der Waals surface area contributed by atoms with Gasteiger partial charge in [-0.1, -0.05) is 0 Å². The van der Waals surface area contributed by atoms with Crippen LogP contribution in [0.5, 0.6) is 0 Å². The zero-order chi connectivity index (χ0) is 15.4. The van der Waals surface area contributed by atoms with Crippen molar-refractivity contribution in [3.63, 3.8) is 0 Å². The van der Waals surface area contributed by atoms with Crippen LogP contribution in [0.15, 0.2) is 8.83 Å². The Balaban J connectivity index is 1.94. The van der Waals surface area contributed by atoms with E-state index in [9.17, 15) is 9.59 Å². The second kappa shape index (κ2) is 4.70. The fourth-order valence-electron chi connectivity index (χ4n) is 3.88. The summed E-state index contributed by atoms with van der Waals surface area (Å²) in [4.78, 5) is 23.6. The second-order valence-electron chi connectivity index (χ2n) is 6.25. The maximum Gasteiger partial charge on any atom is 0.195 e. The molecule has 0 fully saturated rings. The van der Waals surface area contributed by atoms with Crippen molar-refractivity contribution in [2.24, 2.45) is 0 Å². The van der Waals surface area contributed by atoms with Gasteiger partial charge in [0.25, 0.3) is 0 Å². The summed E-state index contributed by atoms with van der Waals surface area (Å²) >= 11 is 0. The van der Waals surface area contributed by atoms with Crippen LogP contribution in [0.2, 0.25) is 0 Å². The largest absolute Gasteiger partial charge is 0.449 e. The molecule has 4 rings (SSSR count). The van der Waals surface area contributed by atoms with Gasteiger partial charge in [-0.15, -0.1) is 0 Å². The standard InChI is InChI=1S/C18H18O4/c1-9(19)15-11-5-3-7-13(11)17(21-15)18-14-8-4-6-12(14)16(22-18)10(2)20/h3-8H2,1-2H3. The number of rotatable bonds is 3. The predicted molar refractivity (Wildman–Crippen MR) is 80.5 cm³/mol. The molecular weight excluding hydrogens is 280 g/mol. The van der Waals surface area contributed by atoms with Crippen LogP contribution in [-0.4, -0.2) is 11.6 Å². The monoisotopic (exact) mass is 298 g/mol. The van der Waals surface area contributed by atoms with Crippen molar-refractivity contribution < 1.29 is 18.4 Å². The Labute approximate surface area is 128 Å². The van der Waals surface area contributed by atoms with Crippen molar-refractivity contribution in [3.8, 4) is 11.5 Å². The van der Waals surface area contributed by atoms with Crippen LogP contribution in [0.25, 0.3) is 11.5 Å². The van der Waals surface area contributed by atoms with Gasteiger partial charge in [-0.2, -0.15) is 0 Å². The molecule has 2 heterocycles. The first kappa shape index (κ1) is 13.6. The minimum absolute atomic E-state index is 0.0422. The predicted octanol–water partition coefficient (Wildman–Crippen LogP) is 3.92. The van der Waals surface area contributed by atoms with Gasteiger partial charge in [-0.3, -0.25) is 9.59 Å². The average Bonchev–Trinajstić information content (AvgIpc) is 3.18. The molecule has 0 aliphatic heterocycles. The van der Waals surface area contributed by atoms with Gasteiger partial charge in [0.15, 0.2) is 34.6 Å². The third-order valence-corrected chi connectivity index (χ3v) is 4.79. The Kier molecular flexibility index (Phi) is 2.90. The van der Waals surface area contributed by atoms with Gasteiger partial charge in [0.1, 0.15) is 0 Å². The highest BCUT2D eigenvalue weighted by atomic mass is 16.4. The molecule has 2 aromatic rings. The van der Waals surface area contributed by atoms with E-state index >= 15 is 0 Å². The number of hydrogen-bond acceptors (Lipinski definition) is 4. The lowest BCUT2D eigenvalue weighted by molar-refractivity contribution is 0.0976. The number of carbonyl (C=O) groups is 2. The van der Waals surface area contributed by atoms with E-state index < -0.39 is 0 Å². The lowest BCUT2D eigenvalue weighted by atomic mass is 10.1. The van der Waals surface area contributed by atoms with E-state index in [4.69, 9.17) is 8.83 Å². The number of carbonyl (C=O) groups excluding carboxylic acids is 2. The van der Waals surface area contributed by atoms with Crippen molar-refractivity contribution >= 4 is 11.6 Å². The molecule has 0 N–H and O–H groups in total. The molecule has 4 heteroatoms. The van der Waals surface area contributed by atoms with Gasteiger partial charge in [0.05, 0.1) is 0 Å². The summed E-state index contributed by atoms with van der Waals surface area (Å²) in [5.74, 6) is 2.22. The molecule has 0 radical (unpaired) electrons. The lowest BCUT2D eigenvalue weighted by Gasteiger charge is -1.99. The number of hydrogen-bond donors (Lipinski definition) is 0. The minimum Gasteiger partial charge on any atom is -0.449 e. The molecule has 22 heavy (non-hydrogen) atoms. The first-order chi connectivity index (χ1) is 10.6. The van der Waals surface area contributed by atoms with Crippen LogP contribution < -0.4 is 0 Å². The normalized spacial score (nSPS) is 15.9. The highest BCUT2D eigenvalue weighted by Crippen LogP contribution is 2.43. The molecule has 0 amide bonds. The van der Waals surface area contributed by atoms with Gasteiger partial charge < -0.3 is 8.83 Å². The summed E-state index contributed by atoms with van der Waals surface area (Å²) in [5.41, 5.74) is 4.28. The lowest BCUT2D eigenvalue weighted by Crippen LogP contribution is -1.93. The first-order valence-electron chi connectivity index (χ1n) is 7.89. The van der Waals surface area contributed by atoms with E-state index in [2.05, 4.69) is 0 Å². The van der Waals surface area contributed by atoms with E-state index in [0.29, 0.717) is 23.0 Å². The molecule has 0 saturated carbocycles. The molecule has 0 spiro atoms. The molecule has 2 aliphatic carbocycles. The highest BCUT2D eigenvalue weighted by molar-refractivity contribution is 5.96. The summed E-state index contributed by atoms with van der Waals surface area (Å²) in [6.45, 7) is 3.07. The van der Waals surface area contributed by atoms with Gasteiger partial charge >= 0.3 is 0 Å². The molecule has 4 nitrogen and oxygen atoms in total. The van der Waals surface area contributed by atoms with Crippen molar-refractivity contribution in [2.45, 2.75) is 52.4 Å². The van der Waals surface area contributed by atoms with Crippen LogP contribution >= 0.6 is 0 Å². The van der Waals surface area contributed by atoms with Crippen LogP contribution in [0.1, 0.15) is 70.1 Å². The highest BCUT2D eigenvalue weighted by Gasteiger charge is 2.33. The first-order valence-corrected chi connectivity index (χ1v) is 7.89. The van der Waals surface area contributed by atoms with Crippen LogP contribution in [0.4, 0.5) is 0 Å². The van der Waals surface area contributed by atoms with Gasteiger partial charge in [0, 0.05) is 36.1 Å². The molecule has 0 unspecified atom stereocenters. The number of fused-ring (bicyclic) bond motifs is 2. The number of ketones is 2. The zero-order valence-electron chi connectivity index (χ0n) is 12.9. The quantitative estimate of drug-likeness (QED) is 0.806. The molecule has 0 aromatic carbocycles. The summed E-state index contributed by atoms with van der Waals surface area (Å²) < 4.78 is 11.8. The molecule has 2 aromatic heterocycles. The zero-order valence-corrected chi connectivity index (χ0v) is 12.9. The Hall–Kier alpha value is -2.10. The van der Waals surface area contributed by atoms with Gasteiger partial charge in [0.2, 0.25) is 0 Å². The Morgan fingerprint density at radius 2 is 1.05 bits per heavy atom. The topological polar surface area (TPSA) is 60.4 Å². The fourth-order valence-corrected chi connectivity index (χ4v) is 3.88. The smallest absolute Gasteiger partial charge is 0.195 e. The molecule has 114 valence electrons. The van der Waals surface area contributed by atoms with Gasteiger partial charge in [-0.25, -0.2) is 0 Å². The second-order valence-corrected chi connectivity index (χ2v) is 6.25. The molecule has 2 aliphatic rings. The molecular formula is C18H18O4. The fraction of sp³-hybridized carbons (Fsp3) is 0.444. The Morgan fingerprint density at radius 1 is 0.682 bits per heavy atom. The van der Waals surface area contributed by atoms with E-state index in [1.807, 2.05) is 0 Å². The van der Waals surface area contributed by atoms with Crippen LogP contribution in [0, 0.1) is 0 Å². The Morgan fingerprint density at radius 3 is 1.41 bits per heavy atom. The summed E-state index contributed by atoms with van der Waals surface area (Å²) in [5, 5.41) is 0. The number of Topliss-reactive ketones (excluding diaryl/α,β-unsaturated/α-hetero) is 2. The summed E-state index contributed by atoms with van der Waals surface area (Å²) in [7, 11) is 0. The summed E-state index contributed by atoms with van der Waals surface area (Å²) in [6.07, 6.45) is 5.67. The summed E-state index contributed by atoms with van der Waals surface area (Å²) in [6, 6.07) is 0. The SMILES string of the molecule is CC(=O)c1oc(-c2oc(C(C)=O)c3c2CCC3)c2c1CCC2.